The predicted molar refractivity (Wildman–Crippen MR) is 73.5 cm³/mol. The zero-order valence-corrected chi connectivity index (χ0v) is 12.3. The van der Waals surface area contributed by atoms with Crippen LogP contribution in [-0.4, -0.2) is 61.6 Å². The monoisotopic (exact) mass is 267 g/mol. The van der Waals surface area contributed by atoms with Crippen LogP contribution in [0.25, 0.3) is 0 Å². The molecule has 0 spiro atoms. The fourth-order valence-corrected chi connectivity index (χ4v) is 2.06. The molecule has 0 atom stereocenters. The van der Waals surface area contributed by atoms with Gasteiger partial charge in [-0.1, -0.05) is 20.8 Å². The van der Waals surface area contributed by atoms with Gasteiger partial charge in [-0.2, -0.15) is 5.26 Å². The van der Waals surface area contributed by atoms with Crippen molar-refractivity contribution in [1.29, 1.82) is 5.26 Å². The lowest BCUT2D eigenvalue weighted by molar-refractivity contribution is -0.139. The number of amides is 1. The Morgan fingerprint density at radius 3 is 2.47 bits per heavy atom. The smallest absolute Gasteiger partial charge is 0.228 e. The van der Waals surface area contributed by atoms with Crippen molar-refractivity contribution in [2.75, 3.05) is 45.9 Å². The third kappa shape index (κ3) is 5.58. The first kappa shape index (κ1) is 15.9. The van der Waals surface area contributed by atoms with Gasteiger partial charge in [-0.05, 0) is 0 Å². The summed E-state index contributed by atoms with van der Waals surface area (Å²) in [5.74, 6) is 0.121. The maximum atomic E-state index is 12.3. The van der Waals surface area contributed by atoms with Crippen LogP contribution in [0.3, 0.4) is 0 Å². The number of nitriles is 1. The zero-order valence-electron chi connectivity index (χ0n) is 12.3. The minimum absolute atomic E-state index is 0.121. The first-order valence-electron chi connectivity index (χ1n) is 6.91. The van der Waals surface area contributed by atoms with E-state index in [9.17, 15) is 4.79 Å². The number of carbonyl (C=O) groups is 1. The molecule has 108 valence electrons. The summed E-state index contributed by atoms with van der Waals surface area (Å²) in [6.45, 7) is 11.2. The molecule has 1 amide bonds. The van der Waals surface area contributed by atoms with Gasteiger partial charge >= 0.3 is 0 Å². The summed E-state index contributed by atoms with van der Waals surface area (Å²) in [5.41, 5.74) is -0.388. The summed E-state index contributed by atoms with van der Waals surface area (Å²) in [7, 11) is 0. The summed E-state index contributed by atoms with van der Waals surface area (Å²) in [6.07, 6.45) is 0.394. The molecule has 1 aliphatic heterocycles. The fraction of sp³-hybridized carbons (Fsp3) is 0.857. The molecule has 0 aromatic carbocycles. The van der Waals surface area contributed by atoms with Crippen molar-refractivity contribution < 1.29 is 9.53 Å². The quantitative estimate of drug-likeness (QED) is 0.748. The van der Waals surface area contributed by atoms with Crippen LogP contribution in [-0.2, 0) is 9.53 Å². The summed E-state index contributed by atoms with van der Waals surface area (Å²) in [5, 5.41) is 8.70. The third-order valence-corrected chi connectivity index (χ3v) is 3.21. The Kier molecular flexibility index (Phi) is 6.26. The van der Waals surface area contributed by atoms with Crippen molar-refractivity contribution in [3.05, 3.63) is 0 Å². The van der Waals surface area contributed by atoms with Crippen LogP contribution in [0, 0.1) is 16.7 Å². The normalized spacial score (nSPS) is 16.9. The van der Waals surface area contributed by atoms with Crippen LogP contribution in [0.5, 0.6) is 0 Å². The van der Waals surface area contributed by atoms with Crippen molar-refractivity contribution in [2.45, 2.75) is 27.2 Å². The van der Waals surface area contributed by atoms with Gasteiger partial charge < -0.3 is 9.64 Å². The van der Waals surface area contributed by atoms with Gasteiger partial charge in [0.15, 0.2) is 0 Å². The molecule has 1 heterocycles. The number of carbonyl (C=O) groups excluding carboxylic acids is 1. The Balaban J connectivity index is 2.49. The lowest BCUT2D eigenvalue weighted by Gasteiger charge is -2.32. The fourth-order valence-electron chi connectivity index (χ4n) is 2.06. The molecule has 19 heavy (non-hydrogen) atoms. The van der Waals surface area contributed by atoms with Crippen LogP contribution >= 0.6 is 0 Å². The van der Waals surface area contributed by atoms with E-state index in [4.69, 9.17) is 10.00 Å². The second-order valence-electron chi connectivity index (χ2n) is 5.90. The highest BCUT2D eigenvalue weighted by Crippen LogP contribution is 2.17. The minimum Gasteiger partial charge on any atom is -0.379 e. The lowest BCUT2D eigenvalue weighted by Crippen LogP contribution is -2.46. The Hall–Kier alpha value is -1.12. The molecule has 1 aliphatic rings. The Bertz CT molecular complexity index is 325. The summed E-state index contributed by atoms with van der Waals surface area (Å²) >= 11 is 0. The average molecular weight is 267 g/mol. The number of hydrogen-bond acceptors (Lipinski definition) is 4. The average Bonchev–Trinajstić information content (AvgIpc) is 2.38. The van der Waals surface area contributed by atoms with Gasteiger partial charge in [0.05, 0.1) is 25.7 Å². The van der Waals surface area contributed by atoms with Crippen molar-refractivity contribution in [3.63, 3.8) is 0 Å². The van der Waals surface area contributed by atoms with Crippen LogP contribution in [0.15, 0.2) is 0 Å². The van der Waals surface area contributed by atoms with Crippen molar-refractivity contribution >= 4 is 5.91 Å². The van der Waals surface area contributed by atoms with E-state index < -0.39 is 0 Å². The molecule has 1 fully saturated rings. The van der Waals surface area contributed by atoms with Gasteiger partial charge in [0.25, 0.3) is 0 Å². The molecule has 0 unspecified atom stereocenters. The van der Waals surface area contributed by atoms with Crippen LogP contribution in [0.4, 0.5) is 0 Å². The summed E-state index contributed by atoms with van der Waals surface area (Å²) in [4.78, 5) is 16.4. The van der Waals surface area contributed by atoms with Gasteiger partial charge in [-0.25, -0.2) is 0 Å². The maximum Gasteiger partial charge on any atom is 0.228 e. The Labute approximate surface area is 116 Å². The van der Waals surface area contributed by atoms with Crippen molar-refractivity contribution in [2.24, 2.45) is 5.41 Å². The van der Waals surface area contributed by atoms with E-state index >= 15 is 0 Å². The van der Waals surface area contributed by atoms with Gasteiger partial charge in [-0.15, -0.1) is 0 Å². The first-order chi connectivity index (χ1) is 8.95. The second kappa shape index (κ2) is 7.46. The third-order valence-electron chi connectivity index (χ3n) is 3.21. The number of ether oxygens (including phenoxy) is 1. The molecular weight excluding hydrogens is 242 g/mol. The Morgan fingerprint density at radius 1 is 1.32 bits per heavy atom. The van der Waals surface area contributed by atoms with Crippen LogP contribution in [0.2, 0.25) is 0 Å². The molecule has 1 saturated heterocycles. The molecule has 5 heteroatoms. The topological polar surface area (TPSA) is 56.6 Å². The highest BCUT2D eigenvalue weighted by molar-refractivity contribution is 5.81. The highest BCUT2D eigenvalue weighted by atomic mass is 16.5. The van der Waals surface area contributed by atoms with E-state index in [1.807, 2.05) is 25.7 Å². The number of nitrogens with zero attached hydrogens (tertiary/aromatic N) is 3. The summed E-state index contributed by atoms with van der Waals surface area (Å²) in [6, 6.07) is 2.11. The predicted octanol–water partition coefficient (Wildman–Crippen LogP) is 1.11. The SMILES string of the molecule is CC(C)(C)C(=O)N(CCC#N)CCN1CCOCC1. The molecular formula is C14H25N3O2. The van der Waals surface area contributed by atoms with E-state index in [2.05, 4.69) is 11.0 Å². The molecule has 1 rings (SSSR count). The molecule has 0 bridgehead atoms. The number of hydrogen-bond donors (Lipinski definition) is 0. The second-order valence-corrected chi connectivity index (χ2v) is 5.90. The van der Waals surface area contributed by atoms with Gasteiger partial charge in [-0.3, -0.25) is 9.69 Å². The van der Waals surface area contributed by atoms with Crippen molar-refractivity contribution in [3.8, 4) is 6.07 Å². The zero-order chi connectivity index (χ0) is 14.3. The molecule has 5 nitrogen and oxygen atoms in total. The van der Waals surface area contributed by atoms with Gasteiger partial charge in [0.1, 0.15) is 0 Å². The molecule has 0 aromatic heterocycles. The Morgan fingerprint density at radius 2 is 1.95 bits per heavy atom. The van der Waals surface area contributed by atoms with E-state index in [1.165, 1.54) is 0 Å². The number of morpholine rings is 1. The van der Waals surface area contributed by atoms with E-state index in [0.717, 1.165) is 32.8 Å². The van der Waals surface area contributed by atoms with E-state index in [0.29, 0.717) is 19.5 Å². The molecule has 0 saturated carbocycles. The van der Waals surface area contributed by atoms with Crippen LogP contribution < -0.4 is 0 Å². The number of rotatable bonds is 5. The summed E-state index contributed by atoms with van der Waals surface area (Å²) < 4.78 is 5.31. The highest BCUT2D eigenvalue weighted by Gasteiger charge is 2.27. The van der Waals surface area contributed by atoms with Gasteiger partial charge in [0, 0.05) is 38.1 Å². The molecule has 0 aromatic rings. The van der Waals surface area contributed by atoms with E-state index in [1.54, 1.807) is 0 Å². The largest absolute Gasteiger partial charge is 0.379 e. The molecule has 0 radical (unpaired) electrons. The van der Waals surface area contributed by atoms with Crippen molar-refractivity contribution in [1.82, 2.24) is 9.80 Å². The first-order valence-corrected chi connectivity index (χ1v) is 6.91. The van der Waals surface area contributed by atoms with Crippen LogP contribution in [0.1, 0.15) is 27.2 Å². The van der Waals surface area contributed by atoms with Gasteiger partial charge in [0.2, 0.25) is 5.91 Å². The molecule has 0 N–H and O–H groups in total. The lowest BCUT2D eigenvalue weighted by atomic mass is 9.94. The standard InChI is InChI=1S/C14H25N3O2/c1-14(2,3)13(18)17(6-4-5-15)8-7-16-9-11-19-12-10-16/h4,6-12H2,1-3H3. The van der Waals surface area contributed by atoms with E-state index in [-0.39, 0.29) is 11.3 Å². The minimum atomic E-state index is -0.388. The maximum absolute atomic E-state index is 12.3. The molecule has 0 aliphatic carbocycles.